The highest BCUT2D eigenvalue weighted by atomic mass is 32.1. The first-order chi connectivity index (χ1) is 14.1. The smallest absolute Gasteiger partial charge is 0.255 e. The van der Waals surface area contributed by atoms with Crippen molar-refractivity contribution in [1.29, 1.82) is 0 Å². The molecule has 2 heterocycles. The molecule has 1 amide bonds. The van der Waals surface area contributed by atoms with E-state index in [1.54, 1.807) is 11.3 Å². The maximum absolute atomic E-state index is 12.5. The summed E-state index contributed by atoms with van der Waals surface area (Å²) in [4.78, 5) is 20.4. The number of allylic oxidation sites excluding steroid dienone is 1. The van der Waals surface area contributed by atoms with Crippen molar-refractivity contribution in [3.63, 3.8) is 0 Å². The molecular weight excluding hydrogens is 382 g/mol. The zero-order valence-electron chi connectivity index (χ0n) is 17.0. The molecule has 1 saturated carbocycles. The third-order valence-corrected chi connectivity index (χ3v) is 6.40. The maximum atomic E-state index is 12.5. The van der Waals surface area contributed by atoms with Crippen LogP contribution in [0.15, 0.2) is 53.3 Å². The van der Waals surface area contributed by atoms with Crippen LogP contribution in [0.4, 0.5) is 0 Å². The van der Waals surface area contributed by atoms with E-state index in [4.69, 9.17) is 4.99 Å². The molecule has 1 aromatic carbocycles. The fourth-order valence-corrected chi connectivity index (χ4v) is 4.55. The summed E-state index contributed by atoms with van der Waals surface area (Å²) in [5, 5.41) is 8.52. The van der Waals surface area contributed by atoms with Crippen LogP contribution in [0, 0.1) is 0 Å². The van der Waals surface area contributed by atoms with Gasteiger partial charge in [0.2, 0.25) is 4.80 Å². The first kappa shape index (κ1) is 19.6. The predicted molar refractivity (Wildman–Crippen MR) is 116 cm³/mol. The quantitative estimate of drug-likeness (QED) is 0.841. The van der Waals surface area contributed by atoms with E-state index < -0.39 is 0 Å². The summed E-state index contributed by atoms with van der Waals surface area (Å²) in [5.41, 5.74) is 2.47. The van der Waals surface area contributed by atoms with E-state index in [-0.39, 0.29) is 5.91 Å². The Morgan fingerprint density at radius 2 is 1.93 bits per heavy atom. The second-order valence-electron chi connectivity index (χ2n) is 7.68. The molecule has 2 aromatic rings. The molecule has 7 heteroatoms. The molecule has 0 spiro atoms. The van der Waals surface area contributed by atoms with Gasteiger partial charge in [0.15, 0.2) is 0 Å². The number of likely N-dealkylation sites (N-methyl/N-ethyl adjacent to an activating group) is 1. The summed E-state index contributed by atoms with van der Waals surface area (Å²) >= 11 is 1.61. The number of benzene rings is 1. The highest BCUT2D eigenvalue weighted by Crippen LogP contribution is 2.22. The van der Waals surface area contributed by atoms with Gasteiger partial charge in [0, 0.05) is 43.7 Å². The van der Waals surface area contributed by atoms with Crippen LogP contribution in [0.25, 0.3) is 10.6 Å². The maximum Gasteiger partial charge on any atom is 0.255 e. The van der Waals surface area contributed by atoms with Gasteiger partial charge >= 0.3 is 0 Å². The lowest BCUT2D eigenvalue weighted by atomic mass is 9.96. The SMILES string of the molecule is CN1C=CC(NC(=O)c2ccc(-c3nn(C)c(=NC4CCCCC4)s3)cc2)=CC1. The van der Waals surface area contributed by atoms with Gasteiger partial charge in [0.05, 0.1) is 6.04 Å². The summed E-state index contributed by atoms with van der Waals surface area (Å²) in [5.74, 6) is -0.102. The van der Waals surface area contributed by atoms with Crippen molar-refractivity contribution in [1.82, 2.24) is 20.0 Å². The molecule has 6 nitrogen and oxygen atoms in total. The highest BCUT2D eigenvalue weighted by Gasteiger charge is 2.14. The Bertz CT molecular complexity index is 993. The van der Waals surface area contributed by atoms with Crippen LogP contribution in [0.5, 0.6) is 0 Å². The van der Waals surface area contributed by atoms with E-state index in [2.05, 4.69) is 10.4 Å². The van der Waals surface area contributed by atoms with E-state index in [9.17, 15) is 4.79 Å². The minimum atomic E-state index is -0.102. The number of aromatic nitrogens is 2. The minimum absolute atomic E-state index is 0.102. The van der Waals surface area contributed by atoms with Gasteiger partial charge in [-0.3, -0.25) is 9.79 Å². The fraction of sp³-hybridized carbons (Fsp3) is 0.409. The van der Waals surface area contributed by atoms with E-state index in [0.717, 1.165) is 27.6 Å². The summed E-state index contributed by atoms with van der Waals surface area (Å²) in [6, 6.07) is 8.04. The molecule has 1 aromatic heterocycles. The first-order valence-electron chi connectivity index (χ1n) is 10.2. The lowest BCUT2D eigenvalue weighted by Gasteiger charge is -2.17. The van der Waals surface area contributed by atoms with Crippen molar-refractivity contribution in [2.75, 3.05) is 13.6 Å². The number of nitrogens with zero attached hydrogens (tertiary/aromatic N) is 4. The number of amides is 1. The molecular formula is C22H27N5OS. The van der Waals surface area contributed by atoms with Gasteiger partial charge < -0.3 is 10.2 Å². The number of aryl methyl sites for hydroxylation is 1. The molecule has 152 valence electrons. The molecule has 29 heavy (non-hydrogen) atoms. The van der Waals surface area contributed by atoms with Crippen molar-refractivity contribution in [3.8, 4) is 10.6 Å². The van der Waals surface area contributed by atoms with Crippen LogP contribution >= 0.6 is 11.3 Å². The Labute approximate surface area is 175 Å². The number of nitrogens with one attached hydrogen (secondary N) is 1. The Morgan fingerprint density at radius 3 is 2.62 bits per heavy atom. The molecule has 1 N–H and O–H groups in total. The van der Waals surface area contributed by atoms with Crippen molar-refractivity contribution in [2.24, 2.45) is 12.0 Å². The van der Waals surface area contributed by atoms with Crippen LogP contribution in [0.2, 0.25) is 0 Å². The molecule has 0 unspecified atom stereocenters. The van der Waals surface area contributed by atoms with Gasteiger partial charge in [0.1, 0.15) is 5.01 Å². The lowest BCUT2D eigenvalue weighted by molar-refractivity contribution is 0.0966. The Morgan fingerprint density at radius 1 is 1.17 bits per heavy atom. The number of carbonyl (C=O) groups excluding carboxylic acids is 1. The van der Waals surface area contributed by atoms with Crippen LogP contribution in [0.1, 0.15) is 42.5 Å². The van der Waals surface area contributed by atoms with Gasteiger partial charge in [-0.1, -0.05) is 42.7 Å². The summed E-state index contributed by atoms with van der Waals surface area (Å²) in [7, 11) is 3.95. The van der Waals surface area contributed by atoms with Crippen LogP contribution in [-0.2, 0) is 7.05 Å². The zero-order chi connectivity index (χ0) is 20.2. The van der Waals surface area contributed by atoms with Crippen molar-refractivity contribution >= 4 is 17.2 Å². The van der Waals surface area contributed by atoms with Crippen LogP contribution in [-0.4, -0.2) is 40.2 Å². The molecule has 1 fully saturated rings. The summed E-state index contributed by atoms with van der Waals surface area (Å²) in [6.07, 6.45) is 12.1. The van der Waals surface area contributed by atoms with Gasteiger partial charge in [0.25, 0.3) is 5.91 Å². The lowest BCUT2D eigenvalue weighted by Crippen LogP contribution is -2.25. The summed E-state index contributed by atoms with van der Waals surface area (Å²) in [6.45, 7) is 0.792. The van der Waals surface area contributed by atoms with Gasteiger partial charge in [-0.05, 0) is 37.1 Å². The Kier molecular flexibility index (Phi) is 5.94. The van der Waals surface area contributed by atoms with Crippen LogP contribution < -0.4 is 10.1 Å². The molecule has 1 aliphatic carbocycles. The van der Waals surface area contributed by atoms with Gasteiger partial charge in [-0.15, -0.1) is 0 Å². The third-order valence-electron chi connectivity index (χ3n) is 5.33. The monoisotopic (exact) mass is 409 g/mol. The molecule has 0 saturated heterocycles. The Hall–Kier alpha value is -2.67. The van der Waals surface area contributed by atoms with E-state index in [1.165, 1.54) is 32.1 Å². The number of hydrogen-bond donors (Lipinski definition) is 1. The Balaban J connectivity index is 1.46. The van der Waals surface area contributed by atoms with E-state index >= 15 is 0 Å². The van der Waals surface area contributed by atoms with E-state index in [1.807, 2.05) is 66.3 Å². The second-order valence-corrected chi connectivity index (χ2v) is 8.64. The highest BCUT2D eigenvalue weighted by molar-refractivity contribution is 7.12. The minimum Gasteiger partial charge on any atom is -0.377 e. The second kappa shape index (κ2) is 8.78. The molecule has 1 aliphatic heterocycles. The molecule has 0 bridgehead atoms. The number of carbonyl (C=O) groups is 1. The molecule has 2 aliphatic rings. The van der Waals surface area contributed by atoms with Crippen molar-refractivity contribution in [2.45, 2.75) is 38.1 Å². The predicted octanol–water partition coefficient (Wildman–Crippen LogP) is 3.45. The van der Waals surface area contributed by atoms with Crippen molar-refractivity contribution in [3.05, 3.63) is 58.7 Å². The first-order valence-corrected chi connectivity index (χ1v) is 11.0. The average Bonchev–Trinajstić information content (AvgIpc) is 3.11. The van der Waals surface area contributed by atoms with Crippen LogP contribution in [0.3, 0.4) is 0 Å². The van der Waals surface area contributed by atoms with E-state index in [0.29, 0.717) is 11.6 Å². The normalized spacial score (nSPS) is 18.1. The van der Waals surface area contributed by atoms with Gasteiger partial charge in [-0.25, -0.2) is 4.68 Å². The third kappa shape index (κ3) is 4.85. The average molecular weight is 410 g/mol. The van der Waals surface area contributed by atoms with Gasteiger partial charge in [-0.2, -0.15) is 5.10 Å². The largest absolute Gasteiger partial charge is 0.377 e. The number of rotatable bonds is 4. The number of hydrogen-bond acceptors (Lipinski definition) is 5. The summed E-state index contributed by atoms with van der Waals surface area (Å²) < 4.78 is 1.87. The fourth-order valence-electron chi connectivity index (χ4n) is 3.58. The zero-order valence-corrected chi connectivity index (χ0v) is 17.8. The topological polar surface area (TPSA) is 62.5 Å². The molecule has 4 rings (SSSR count). The molecule has 0 radical (unpaired) electrons. The van der Waals surface area contributed by atoms with Crippen molar-refractivity contribution < 1.29 is 4.79 Å². The molecule has 0 atom stereocenters. The standard InChI is InChI=1S/C22H27N5OS/c1-26-14-12-19(13-15-26)23-20(28)16-8-10-17(11-9-16)21-25-27(2)22(29-21)24-18-6-4-3-5-7-18/h8-14,18H,3-7,15H2,1-2H3,(H,23,28).